The molecule has 0 aliphatic heterocycles. The maximum absolute atomic E-state index is 13.0. The molecule has 0 aliphatic rings. The molecule has 138 valence electrons. The molecule has 28 heavy (non-hydrogen) atoms. The smallest absolute Gasteiger partial charge is 0.248 e. The van der Waals surface area contributed by atoms with Gasteiger partial charge in [0.05, 0.1) is 0 Å². The van der Waals surface area contributed by atoms with E-state index in [0.717, 1.165) is 11.1 Å². The van der Waals surface area contributed by atoms with Crippen LogP contribution in [0.15, 0.2) is 78.9 Å². The molecular formula is C21H16FN5O. The fourth-order valence-electron chi connectivity index (χ4n) is 2.80. The van der Waals surface area contributed by atoms with Crippen LogP contribution in [-0.2, 0) is 11.3 Å². The van der Waals surface area contributed by atoms with Crippen molar-refractivity contribution >= 4 is 11.6 Å². The molecule has 0 spiro atoms. The van der Waals surface area contributed by atoms with Gasteiger partial charge in [-0.3, -0.25) is 4.79 Å². The van der Waals surface area contributed by atoms with Crippen molar-refractivity contribution in [2.45, 2.75) is 6.54 Å². The number of para-hydroxylation sites is 1. The van der Waals surface area contributed by atoms with Gasteiger partial charge < -0.3 is 5.32 Å². The molecule has 0 bridgehead atoms. The number of tetrazole rings is 1. The summed E-state index contributed by atoms with van der Waals surface area (Å²) in [5.74, 6) is -0.281. The molecule has 4 rings (SSSR count). The largest absolute Gasteiger partial charge is 0.324 e. The molecule has 0 saturated heterocycles. The lowest BCUT2D eigenvalue weighted by atomic mass is 10.0. The average molecular weight is 373 g/mol. The number of anilines is 1. The summed E-state index contributed by atoms with van der Waals surface area (Å²) in [6, 6.07) is 23.2. The Bertz CT molecular complexity index is 1090. The van der Waals surface area contributed by atoms with Gasteiger partial charge in [-0.25, -0.2) is 4.39 Å². The van der Waals surface area contributed by atoms with Crippen LogP contribution in [0.25, 0.3) is 22.5 Å². The van der Waals surface area contributed by atoms with Crippen LogP contribution in [0.3, 0.4) is 0 Å². The lowest BCUT2D eigenvalue weighted by molar-refractivity contribution is -0.117. The van der Waals surface area contributed by atoms with Gasteiger partial charge in [0, 0.05) is 16.8 Å². The molecule has 0 fully saturated rings. The molecule has 0 saturated carbocycles. The van der Waals surface area contributed by atoms with E-state index in [1.54, 1.807) is 12.1 Å². The van der Waals surface area contributed by atoms with Crippen LogP contribution in [0.2, 0.25) is 0 Å². The second-order valence-electron chi connectivity index (χ2n) is 6.11. The summed E-state index contributed by atoms with van der Waals surface area (Å²) in [6.07, 6.45) is 0. The van der Waals surface area contributed by atoms with E-state index in [-0.39, 0.29) is 18.3 Å². The molecule has 1 N–H and O–H groups in total. The second-order valence-corrected chi connectivity index (χ2v) is 6.11. The first-order valence-electron chi connectivity index (χ1n) is 8.67. The first kappa shape index (κ1) is 17.5. The number of halogens is 1. The first-order valence-corrected chi connectivity index (χ1v) is 8.67. The van der Waals surface area contributed by atoms with Crippen molar-refractivity contribution in [3.05, 3.63) is 84.7 Å². The van der Waals surface area contributed by atoms with Crippen molar-refractivity contribution in [2.75, 3.05) is 5.32 Å². The SMILES string of the molecule is O=C(Cn1nnc(-c2ccc(F)cc2)n1)Nc1ccccc1-c1ccccc1. The highest BCUT2D eigenvalue weighted by atomic mass is 19.1. The maximum atomic E-state index is 13.0. The molecule has 1 aromatic heterocycles. The van der Waals surface area contributed by atoms with Crippen molar-refractivity contribution in [3.8, 4) is 22.5 Å². The fourth-order valence-corrected chi connectivity index (χ4v) is 2.80. The molecule has 0 unspecified atom stereocenters. The molecule has 3 aromatic carbocycles. The summed E-state index contributed by atoms with van der Waals surface area (Å²) >= 11 is 0. The Hall–Kier alpha value is -3.87. The third-order valence-electron chi connectivity index (χ3n) is 4.13. The minimum Gasteiger partial charge on any atom is -0.324 e. The monoisotopic (exact) mass is 373 g/mol. The van der Waals surface area contributed by atoms with Gasteiger partial charge >= 0.3 is 0 Å². The van der Waals surface area contributed by atoms with E-state index in [4.69, 9.17) is 0 Å². The molecule has 4 aromatic rings. The molecule has 0 radical (unpaired) electrons. The number of carbonyl (C=O) groups is 1. The van der Waals surface area contributed by atoms with E-state index in [2.05, 4.69) is 20.7 Å². The van der Waals surface area contributed by atoms with Gasteiger partial charge in [-0.15, -0.1) is 10.2 Å². The Balaban J connectivity index is 1.48. The van der Waals surface area contributed by atoms with Gasteiger partial charge in [0.25, 0.3) is 0 Å². The highest BCUT2D eigenvalue weighted by molar-refractivity contribution is 5.95. The van der Waals surface area contributed by atoms with Gasteiger partial charge in [-0.1, -0.05) is 48.5 Å². The number of aromatic nitrogens is 4. The van der Waals surface area contributed by atoms with Crippen LogP contribution in [0.4, 0.5) is 10.1 Å². The van der Waals surface area contributed by atoms with E-state index >= 15 is 0 Å². The van der Waals surface area contributed by atoms with E-state index in [9.17, 15) is 9.18 Å². The molecule has 0 atom stereocenters. The Morgan fingerprint density at radius 1 is 0.893 bits per heavy atom. The van der Waals surface area contributed by atoms with Gasteiger partial charge in [-0.2, -0.15) is 4.80 Å². The summed E-state index contributed by atoms with van der Waals surface area (Å²) in [6.45, 7) is -0.0860. The van der Waals surface area contributed by atoms with Gasteiger partial charge in [0.15, 0.2) is 0 Å². The maximum Gasteiger partial charge on any atom is 0.248 e. The summed E-state index contributed by atoms with van der Waals surface area (Å²) < 4.78 is 13.0. The standard InChI is InChI=1S/C21H16FN5O/c22-17-12-10-16(11-13-17)21-24-26-27(25-21)14-20(28)23-19-9-5-4-8-18(19)15-6-2-1-3-7-15/h1-13H,14H2,(H,23,28). The molecule has 1 amide bonds. The lowest BCUT2D eigenvalue weighted by Crippen LogP contribution is -2.20. The number of hydrogen-bond donors (Lipinski definition) is 1. The molecule has 7 heteroatoms. The van der Waals surface area contributed by atoms with Gasteiger partial charge in [-0.05, 0) is 41.1 Å². The van der Waals surface area contributed by atoms with E-state index in [0.29, 0.717) is 17.1 Å². The Morgan fingerprint density at radius 2 is 1.61 bits per heavy atom. The minimum atomic E-state index is -0.340. The van der Waals surface area contributed by atoms with E-state index in [1.165, 1.54) is 16.9 Å². The first-order chi connectivity index (χ1) is 13.7. The number of benzene rings is 3. The molecule has 6 nitrogen and oxygen atoms in total. The van der Waals surface area contributed by atoms with Crippen LogP contribution >= 0.6 is 0 Å². The topological polar surface area (TPSA) is 72.7 Å². The number of nitrogens with zero attached hydrogens (tertiary/aromatic N) is 4. The number of rotatable bonds is 5. The zero-order valence-electron chi connectivity index (χ0n) is 14.8. The van der Waals surface area contributed by atoms with Crippen molar-refractivity contribution in [1.29, 1.82) is 0 Å². The fraction of sp³-hybridized carbons (Fsp3) is 0.0476. The molecule has 0 aliphatic carbocycles. The number of hydrogen-bond acceptors (Lipinski definition) is 4. The van der Waals surface area contributed by atoms with E-state index in [1.807, 2.05) is 54.6 Å². The lowest BCUT2D eigenvalue weighted by Gasteiger charge is -2.11. The third kappa shape index (κ3) is 3.93. The zero-order chi connectivity index (χ0) is 19.3. The third-order valence-corrected chi connectivity index (χ3v) is 4.13. The Labute approximate surface area is 160 Å². The van der Waals surface area contributed by atoms with Gasteiger partial charge in [0.1, 0.15) is 12.4 Å². The van der Waals surface area contributed by atoms with Crippen LogP contribution in [-0.4, -0.2) is 26.1 Å². The number of carbonyl (C=O) groups excluding carboxylic acids is 1. The number of amides is 1. The minimum absolute atomic E-state index is 0.0860. The average Bonchev–Trinajstić information content (AvgIpc) is 3.18. The Kier molecular flexibility index (Phi) is 4.88. The summed E-state index contributed by atoms with van der Waals surface area (Å²) in [5.41, 5.74) is 3.27. The van der Waals surface area contributed by atoms with Crippen LogP contribution in [0.1, 0.15) is 0 Å². The van der Waals surface area contributed by atoms with Gasteiger partial charge in [0.2, 0.25) is 11.7 Å². The molecular weight excluding hydrogens is 357 g/mol. The van der Waals surface area contributed by atoms with Crippen molar-refractivity contribution in [2.24, 2.45) is 0 Å². The zero-order valence-corrected chi connectivity index (χ0v) is 14.8. The second kappa shape index (κ2) is 7.79. The van der Waals surface area contributed by atoms with Crippen LogP contribution < -0.4 is 5.32 Å². The highest BCUT2D eigenvalue weighted by Gasteiger charge is 2.12. The van der Waals surface area contributed by atoms with Crippen LogP contribution in [0.5, 0.6) is 0 Å². The summed E-state index contributed by atoms with van der Waals surface area (Å²) in [4.78, 5) is 13.7. The predicted molar refractivity (Wildman–Crippen MR) is 104 cm³/mol. The molecule has 1 heterocycles. The quantitative estimate of drug-likeness (QED) is 0.578. The summed E-state index contributed by atoms with van der Waals surface area (Å²) in [7, 11) is 0. The van der Waals surface area contributed by atoms with Crippen molar-refractivity contribution in [3.63, 3.8) is 0 Å². The van der Waals surface area contributed by atoms with Crippen molar-refractivity contribution in [1.82, 2.24) is 20.2 Å². The predicted octanol–water partition coefficient (Wildman–Crippen LogP) is 3.78. The normalized spacial score (nSPS) is 10.6. The highest BCUT2D eigenvalue weighted by Crippen LogP contribution is 2.27. The van der Waals surface area contributed by atoms with Crippen molar-refractivity contribution < 1.29 is 9.18 Å². The summed E-state index contributed by atoms with van der Waals surface area (Å²) in [5, 5.41) is 14.9. The van der Waals surface area contributed by atoms with Crippen LogP contribution in [0, 0.1) is 5.82 Å². The Morgan fingerprint density at radius 3 is 2.39 bits per heavy atom. The van der Waals surface area contributed by atoms with E-state index < -0.39 is 0 Å². The number of nitrogens with one attached hydrogen (secondary N) is 1.